The predicted molar refractivity (Wildman–Crippen MR) is 83.8 cm³/mol. The first-order valence-electron chi connectivity index (χ1n) is 7.35. The average molecular weight is 278 g/mol. The van der Waals surface area contributed by atoms with Gasteiger partial charge in [-0.1, -0.05) is 54.3 Å². The zero-order valence-electron chi connectivity index (χ0n) is 12.0. The van der Waals surface area contributed by atoms with Gasteiger partial charge in [0, 0.05) is 5.02 Å². The fraction of sp³-hybridized carbons (Fsp3) is 0.529. The number of halogens is 1. The standard InChI is InChI=1S/C17H24ClN/c1-13-9-8-12-15(16(13)18)17(19-2)14-10-6-4-3-5-7-11-14/h8-10,12,17,19H,3-7,11H2,1-2H3/b14-10+. The van der Waals surface area contributed by atoms with Crippen LogP contribution in [0.25, 0.3) is 0 Å². The maximum Gasteiger partial charge on any atom is 0.0548 e. The monoisotopic (exact) mass is 277 g/mol. The summed E-state index contributed by atoms with van der Waals surface area (Å²) in [5.41, 5.74) is 3.89. The molecule has 0 saturated carbocycles. The summed E-state index contributed by atoms with van der Waals surface area (Å²) < 4.78 is 0. The molecule has 1 aliphatic carbocycles. The first kappa shape index (κ1) is 14.6. The van der Waals surface area contributed by atoms with E-state index in [1.54, 1.807) is 0 Å². The molecule has 0 heterocycles. The molecule has 0 radical (unpaired) electrons. The molecule has 0 saturated heterocycles. The lowest BCUT2D eigenvalue weighted by Crippen LogP contribution is -2.20. The SMILES string of the molecule is CNC(/C1=C/CCCCCC1)c1cccc(C)c1Cl. The van der Waals surface area contributed by atoms with Crippen LogP contribution in [-0.4, -0.2) is 7.05 Å². The van der Waals surface area contributed by atoms with E-state index in [1.165, 1.54) is 49.7 Å². The molecule has 2 rings (SSSR count). The molecule has 1 atom stereocenters. The van der Waals surface area contributed by atoms with Crippen molar-refractivity contribution in [1.29, 1.82) is 0 Å². The Kier molecular flexibility index (Phi) is 5.47. The molecule has 0 bridgehead atoms. The van der Waals surface area contributed by atoms with E-state index in [9.17, 15) is 0 Å². The zero-order valence-corrected chi connectivity index (χ0v) is 12.8. The highest BCUT2D eigenvalue weighted by Gasteiger charge is 2.18. The molecule has 0 amide bonds. The quantitative estimate of drug-likeness (QED) is 0.750. The molecule has 0 aliphatic heterocycles. The van der Waals surface area contributed by atoms with E-state index < -0.39 is 0 Å². The minimum Gasteiger partial charge on any atom is -0.310 e. The average Bonchev–Trinajstić information content (AvgIpc) is 2.37. The van der Waals surface area contributed by atoms with Gasteiger partial charge >= 0.3 is 0 Å². The molecule has 0 fully saturated rings. The summed E-state index contributed by atoms with van der Waals surface area (Å²) in [6, 6.07) is 6.59. The summed E-state index contributed by atoms with van der Waals surface area (Å²) >= 11 is 6.49. The molecule has 0 aromatic heterocycles. The Morgan fingerprint density at radius 1 is 1.16 bits per heavy atom. The van der Waals surface area contributed by atoms with Gasteiger partial charge in [0.15, 0.2) is 0 Å². The van der Waals surface area contributed by atoms with Crippen LogP contribution in [0.5, 0.6) is 0 Å². The van der Waals surface area contributed by atoms with Gasteiger partial charge < -0.3 is 5.32 Å². The number of nitrogens with one attached hydrogen (secondary N) is 1. The fourth-order valence-electron chi connectivity index (χ4n) is 2.91. The third kappa shape index (κ3) is 3.61. The van der Waals surface area contributed by atoms with Gasteiger partial charge in [0.2, 0.25) is 0 Å². The second-order valence-electron chi connectivity index (χ2n) is 5.43. The van der Waals surface area contributed by atoms with E-state index >= 15 is 0 Å². The normalized spacial score (nSPS) is 21.1. The highest BCUT2D eigenvalue weighted by atomic mass is 35.5. The lowest BCUT2D eigenvalue weighted by molar-refractivity contribution is 0.574. The van der Waals surface area contributed by atoms with Gasteiger partial charge in [0.05, 0.1) is 6.04 Å². The lowest BCUT2D eigenvalue weighted by Gasteiger charge is -2.24. The fourth-order valence-corrected chi connectivity index (χ4v) is 3.15. The van der Waals surface area contributed by atoms with Crippen LogP contribution in [0.1, 0.15) is 55.7 Å². The molecule has 1 aromatic rings. The van der Waals surface area contributed by atoms with E-state index in [2.05, 4.69) is 36.5 Å². The molecule has 19 heavy (non-hydrogen) atoms. The Bertz CT molecular complexity index is 451. The molecular formula is C17H24ClN. The van der Waals surface area contributed by atoms with Crippen molar-refractivity contribution in [3.63, 3.8) is 0 Å². The summed E-state index contributed by atoms with van der Waals surface area (Å²) in [5.74, 6) is 0. The van der Waals surface area contributed by atoms with Crippen LogP contribution in [0.15, 0.2) is 29.8 Å². The summed E-state index contributed by atoms with van der Waals surface area (Å²) in [7, 11) is 2.03. The van der Waals surface area contributed by atoms with Gasteiger partial charge in [-0.2, -0.15) is 0 Å². The van der Waals surface area contributed by atoms with Crippen LogP contribution in [0.4, 0.5) is 0 Å². The third-order valence-electron chi connectivity index (χ3n) is 4.02. The van der Waals surface area contributed by atoms with Crippen LogP contribution in [0, 0.1) is 6.92 Å². The van der Waals surface area contributed by atoms with Gasteiger partial charge in [0.1, 0.15) is 0 Å². The second-order valence-corrected chi connectivity index (χ2v) is 5.81. The van der Waals surface area contributed by atoms with Crippen molar-refractivity contribution in [2.75, 3.05) is 7.05 Å². The number of rotatable bonds is 3. The Hall–Kier alpha value is -0.790. The Morgan fingerprint density at radius 3 is 2.74 bits per heavy atom. The van der Waals surface area contributed by atoms with Crippen molar-refractivity contribution in [2.45, 2.75) is 51.5 Å². The molecule has 104 valence electrons. The number of likely N-dealkylation sites (N-methyl/N-ethyl adjacent to an activating group) is 1. The summed E-state index contributed by atoms with van der Waals surface area (Å²) in [5, 5.41) is 4.36. The first-order valence-corrected chi connectivity index (χ1v) is 7.73. The van der Waals surface area contributed by atoms with Crippen LogP contribution >= 0.6 is 11.6 Å². The molecule has 1 unspecified atom stereocenters. The van der Waals surface area contributed by atoms with E-state index in [4.69, 9.17) is 11.6 Å². The van der Waals surface area contributed by atoms with Crippen molar-refractivity contribution in [2.24, 2.45) is 0 Å². The van der Waals surface area contributed by atoms with E-state index in [0.717, 1.165) is 10.6 Å². The third-order valence-corrected chi connectivity index (χ3v) is 4.53. The van der Waals surface area contributed by atoms with Gasteiger partial charge in [-0.15, -0.1) is 0 Å². The summed E-state index contributed by atoms with van der Waals surface area (Å²) in [6.45, 7) is 2.07. The zero-order chi connectivity index (χ0) is 13.7. The van der Waals surface area contributed by atoms with Crippen molar-refractivity contribution < 1.29 is 0 Å². The van der Waals surface area contributed by atoms with Gasteiger partial charge in [-0.25, -0.2) is 0 Å². The number of hydrogen-bond donors (Lipinski definition) is 1. The summed E-state index contributed by atoms with van der Waals surface area (Å²) in [6.07, 6.45) is 10.2. The molecular weight excluding hydrogens is 254 g/mol. The minimum absolute atomic E-state index is 0.269. The highest BCUT2D eigenvalue weighted by molar-refractivity contribution is 6.32. The Morgan fingerprint density at radius 2 is 1.95 bits per heavy atom. The second kappa shape index (κ2) is 7.12. The van der Waals surface area contributed by atoms with Gasteiger partial charge in [0.25, 0.3) is 0 Å². The summed E-state index contributed by atoms with van der Waals surface area (Å²) in [4.78, 5) is 0. The Labute approximate surface area is 122 Å². The van der Waals surface area contributed by atoms with Crippen molar-refractivity contribution in [3.8, 4) is 0 Å². The molecule has 1 N–H and O–H groups in total. The number of allylic oxidation sites excluding steroid dienone is 1. The van der Waals surface area contributed by atoms with Crippen molar-refractivity contribution >= 4 is 11.6 Å². The van der Waals surface area contributed by atoms with E-state index in [-0.39, 0.29) is 6.04 Å². The van der Waals surface area contributed by atoms with Gasteiger partial charge in [-0.05, 0) is 50.8 Å². The van der Waals surface area contributed by atoms with Gasteiger partial charge in [-0.3, -0.25) is 0 Å². The molecule has 1 aromatic carbocycles. The number of aryl methyl sites for hydroxylation is 1. The molecule has 2 heteroatoms. The topological polar surface area (TPSA) is 12.0 Å². The molecule has 1 aliphatic rings. The molecule has 0 spiro atoms. The maximum atomic E-state index is 6.49. The largest absolute Gasteiger partial charge is 0.310 e. The maximum absolute atomic E-state index is 6.49. The van der Waals surface area contributed by atoms with Crippen LogP contribution in [-0.2, 0) is 0 Å². The van der Waals surface area contributed by atoms with Crippen LogP contribution < -0.4 is 5.32 Å². The van der Waals surface area contributed by atoms with Crippen molar-refractivity contribution in [3.05, 3.63) is 46.0 Å². The van der Waals surface area contributed by atoms with Crippen LogP contribution in [0.3, 0.4) is 0 Å². The first-order chi connectivity index (χ1) is 9.24. The van der Waals surface area contributed by atoms with E-state index in [0.29, 0.717) is 0 Å². The minimum atomic E-state index is 0.269. The highest BCUT2D eigenvalue weighted by Crippen LogP contribution is 2.33. The number of hydrogen-bond acceptors (Lipinski definition) is 1. The molecule has 1 nitrogen and oxygen atoms in total. The Balaban J connectivity index is 2.30. The lowest BCUT2D eigenvalue weighted by atomic mass is 9.90. The smallest absolute Gasteiger partial charge is 0.0548 e. The van der Waals surface area contributed by atoms with E-state index in [1.807, 2.05) is 7.05 Å². The van der Waals surface area contributed by atoms with Crippen LogP contribution in [0.2, 0.25) is 5.02 Å². The van der Waals surface area contributed by atoms with Crippen molar-refractivity contribution in [1.82, 2.24) is 5.32 Å². The number of benzene rings is 1. The predicted octanol–water partition coefficient (Wildman–Crippen LogP) is 5.19.